The normalized spacial score (nSPS) is 19.9. The van der Waals surface area contributed by atoms with Gasteiger partial charge in [-0.3, -0.25) is 9.69 Å². The average Bonchev–Trinajstić information content (AvgIpc) is 3.19. The summed E-state index contributed by atoms with van der Waals surface area (Å²) < 4.78 is 36.6. The van der Waals surface area contributed by atoms with Crippen molar-refractivity contribution in [2.45, 2.75) is 76.8 Å². The Hall–Kier alpha value is -2.94. The number of benzene rings is 1. The lowest BCUT2D eigenvalue weighted by Crippen LogP contribution is -2.44. The predicted molar refractivity (Wildman–Crippen MR) is 132 cm³/mol. The third-order valence-electron chi connectivity index (χ3n) is 5.48. The summed E-state index contributed by atoms with van der Waals surface area (Å²) >= 11 is 0. The van der Waals surface area contributed by atoms with Gasteiger partial charge < -0.3 is 18.9 Å². The number of hydrogen-bond acceptors (Lipinski definition) is 7. The van der Waals surface area contributed by atoms with Gasteiger partial charge in [-0.25, -0.2) is 14.0 Å². The molecule has 0 spiro atoms. The van der Waals surface area contributed by atoms with E-state index in [1.54, 1.807) is 26.8 Å². The number of amides is 1. The van der Waals surface area contributed by atoms with Crippen molar-refractivity contribution >= 4 is 18.0 Å². The Morgan fingerprint density at radius 2 is 1.86 bits per heavy atom. The Balaban J connectivity index is 1.89. The van der Waals surface area contributed by atoms with Gasteiger partial charge in [0.1, 0.15) is 18.2 Å². The second-order valence-corrected chi connectivity index (χ2v) is 9.88. The summed E-state index contributed by atoms with van der Waals surface area (Å²) in [6, 6.07) is 8.02. The maximum atomic E-state index is 15.7. The van der Waals surface area contributed by atoms with Crippen LogP contribution in [0.25, 0.3) is 0 Å². The number of esters is 2. The minimum atomic E-state index is -1.91. The Morgan fingerprint density at radius 3 is 2.53 bits per heavy atom. The molecule has 0 aromatic heterocycles. The van der Waals surface area contributed by atoms with Crippen molar-refractivity contribution in [3.8, 4) is 0 Å². The zero-order valence-electron chi connectivity index (χ0n) is 21.7. The Morgan fingerprint density at radius 1 is 1.14 bits per heavy atom. The number of hydrogen-bond donors (Lipinski definition) is 0. The number of halogens is 1. The number of carbonyl (C=O) groups excluding carboxylic acids is 3. The topological polar surface area (TPSA) is 91.4 Å². The molecule has 1 aromatic rings. The van der Waals surface area contributed by atoms with Crippen LogP contribution >= 0.6 is 0 Å². The Kier molecular flexibility index (Phi) is 11.4. The van der Waals surface area contributed by atoms with Crippen LogP contribution in [-0.4, -0.2) is 67.1 Å². The molecule has 0 radical (unpaired) electrons. The highest BCUT2D eigenvalue weighted by Gasteiger charge is 2.51. The first kappa shape index (κ1) is 29.3. The number of likely N-dealkylation sites (tertiary alicyclic amines) is 1. The third kappa shape index (κ3) is 10.4. The summed E-state index contributed by atoms with van der Waals surface area (Å²) in [7, 11) is 1.37. The molecular formula is C27H38FNO7. The number of allylic oxidation sites excluding steroid dienone is 1. The lowest BCUT2D eigenvalue weighted by molar-refractivity contribution is -0.150. The van der Waals surface area contributed by atoms with Crippen LogP contribution in [0.4, 0.5) is 9.18 Å². The van der Waals surface area contributed by atoms with Crippen molar-refractivity contribution in [2.24, 2.45) is 0 Å². The molecule has 1 aliphatic heterocycles. The average molecular weight is 508 g/mol. The highest BCUT2D eigenvalue weighted by atomic mass is 19.1. The molecule has 1 amide bonds. The van der Waals surface area contributed by atoms with Crippen molar-refractivity contribution in [3.63, 3.8) is 0 Å². The minimum absolute atomic E-state index is 0.0263. The lowest BCUT2D eigenvalue weighted by Gasteiger charge is -2.27. The molecule has 1 saturated heterocycles. The van der Waals surface area contributed by atoms with E-state index in [9.17, 15) is 14.4 Å². The summed E-state index contributed by atoms with van der Waals surface area (Å²) in [6.45, 7) is 4.73. The summed E-state index contributed by atoms with van der Waals surface area (Å²) in [5.74, 6) is -0.911. The molecule has 0 aliphatic carbocycles. The molecule has 2 atom stereocenters. The van der Waals surface area contributed by atoms with Crippen LogP contribution in [-0.2, 0) is 35.1 Å². The van der Waals surface area contributed by atoms with Crippen LogP contribution in [0.15, 0.2) is 42.5 Å². The van der Waals surface area contributed by atoms with Gasteiger partial charge in [-0.05, 0) is 45.6 Å². The number of methoxy groups -OCH3 is 1. The standard InChI is InChI=1S/C27H38FNO7/c1-26(2,3)36-25(32)29-19-27(28,20-34-16-12-7-5-6-11-15-23(30)33-4)17-22(29)24(31)35-18-21-13-9-8-10-14-21/h7-10,12-14,22H,5-6,11,15-20H2,1-4H3/b12-7+/t22-,27+/m0/s1. The summed E-state index contributed by atoms with van der Waals surface area (Å²) in [5.41, 5.74) is -1.92. The van der Waals surface area contributed by atoms with Gasteiger partial charge >= 0.3 is 18.0 Å². The first-order valence-electron chi connectivity index (χ1n) is 12.2. The number of nitrogens with zero attached hydrogens (tertiary/aromatic N) is 1. The van der Waals surface area contributed by atoms with Gasteiger partial charge in [-0.1, -0.05) is 42.5 Å². The number of unbranched alkanes of at least 4 members (excludes halogenated alkanes) is 2. The highest BCUT2D eigenvalue weighted by molar-refractivity contribution is 5.82. The van der Waals surface area contributed by atoms with Crippen LogP contribution < -0.4 is 0 Å². The molecule has 1 aliphatic rings. The van der Waals surface area contributed by atoms with Crippen LogP contribution in [0.2, 0.25) is 0 Å². The molecule has 200 valence electrons. The number of alkyl halides is 1. The van der Waals surface area contributed by atoms with E-state index in [0.717, 1.165) is 29.7 Å². The number of rotatable bonds is 12. The molecule has 8 nitrogen and oxygen atoms in total. The number of carbonyl (C=O) groups is 3. The van der Waals surface area contributed by atoms with Gasteiger partial charge in [0.25, 0.3) is 0 Å². The van der Waals surface area contributed by atoms with Gasteiger partial charge in [0.15, 0.2) is 5.67 Å². The van der Waals surface area contributed by atoms with Crippen molar-refractivity contribution in [3.05, 3.63) is 48.0 Å². The molecule has 0 unspecified atom stereocenters. The number of ether oxygens (including phenoxy) is 4. The molecule has 36 heavy (non-hydrogen) atoms. The first-order chi connectivity index (χ1) is 17.0. The van der Waals surface area contributed by atoms with Crippen molar-refractivity contribution in [2.75, 3.05) is 26.9 Å². The molecule has 0 bridgehead atoms. The second kappa shape index (κ2) is 14.0. The smallest absolute Gasteiger partial charge is 0.411 e. The molecule has 1 fully saturated rings. The van der Waals surface area contributed by atoms with Gasteiger partial charge in [-0.2, -0.15) is 0 Å². The van der Waals surface area contributed by atoms with E-state index >= 15 is 4.39 Å². The second-order valence-electron chi connectivity index (χ2n) is 9.88. The minimum Gasteiger partial charge on any atom is -0.469 e. The maximum absolute atomic E-state index is 15.7. The van der Waals surface area contributed by atoms with Crippen LogP contribution in [0.3, 0.4) is 0 Å². The molecule has 1 heterocycles. The quantitative estimate of drug-likeness (QED) is 0.174. The Bertz CT molecular complexity index is 884. The van der Waals surface area contributed by atoms with Crippen LogP contribution in [0.1, 0.15) is 58.4 Å². The monoisotopic (exact) mass is 507 g/mol. The largest absolute Gasteiger partial charge is 0.469 e. The fourth-order valence-corrected chi connectivity index (χ4v) is 3.72. The Labute approximate surface area is 212 Å². The van der Waals surface area contributed by atoms with Crippen molar-refractivity contribution in [1.82, 2.24) is 4.90 Å². The SMILES string of the molecule is COC(=O)CCCC/C=C/COC[C@@]1(F)C[C@@H](C(=O)OCc2ccccc2)N(C(=O)OC(C)(C)C)C1. The van der Waals surface area contributed by atoms with Gasteiger partial charge in [0.05, 0.1) is 26.9 Å². The van der Waals surface area contributed by atoms with E-state index in [4.69, 9.17) is 14.2 Å². The summed E-state index contributed by atoms with van der Waals surface area (Å²) in [5, 5.41) is 0. The van der Waals surface area contributed by atoms with Crippen LogP contribution in [0.5, 0.6) is 0 Å². The van der Waals surface area contributed by atoms with E-state index in [0.29, 0.717) is 6.42 Å². The molecule has 9 heteroatoms. The fourth-order valence-electron chi connectivity index (χ4n) is 3.72. The van der Waals surface area contributed by atoms with Crippen LogP contribution in [0, 0.1) is 0 Å². The predicted octanol–water partition coefficient (Wildman–Crippen LogP) is 4.75. The first-order valence-corrected chi connectivity index (χ1v) is 12.2. The molecular weight excluding hydrogens is 469 g/mol. The van der Waals surface area contributed by atoms with Gasteiger partial charge in [0, 0.05) is 12.8 Å². The van der Waals surface area contributed by atoms with E-state index < -0.39 is 29.4 Å². The van der Waals surface area contributed by atoms with E-state index in [1.165, 1.54) is 7.11 Å². The summed E-state index contributed by atoms with van der Waals surface area (Å²) in [6.07, 6.45) is 5.40. The van der Waals surface area contributed by atoms with Gasteiger partial charge in [0.2, 0.25) is 0 Å². The highest BCUT2D eigenvalue weighted by Crippen LogP contribution is 2.33. The zero-order valence-corrected chi connectivity index (χ0v) is 21.7. The fraction of sp³-hybridized carbons (Fsp3) is 0.593. The molecule has 1 aromatic carbocycles. The summed E-state index contributed by atoms with van der Waals surface area (Å²) in [4.78, 5) is 37.8. The maximum Gasteiger partial charge on any atom is 0.411 e. The van der Waals surface area contributed by atoms with Gasteiger partial charge in [-0.15, -0.1) is 0 Å². The molecule has 2 rings (SSSR count). The zero-order chi connectivity index (χ0) is 26.6. The molecule has 0 N–H and O–H groups in total. The van der Waals surface area contributed by atoms with E-state index in [2.05, 4.69) is 4.74 Å². The van der Waals surface area contributed by atoms with Crippen molar-refractivity contribution in [1.29, 1.82) is 0 Å². The lowest BCUT2D eigenvalue weighted by atomic mass is 10.0. The molecule has 0 saturated carbocycles. The van der Waals surface area contributed by atoms with E-state index in [-0.39, 0.29) is 38.8 Å². The van der Waals surface area contributed by atoms with E-state index in [1.807, 2.05) is 36.4 Å². The van der Waals surface area contributed by atoms with Crippen molar-refractivity contribution < 1.29 is 37.7 Å². The third-order valence-corrected chi connectivity index (χ3v) is 5.48.